The largest absolute Gasteiger partial charge is 0.491 e. The number of nitrogens with one attached hydrogen (secondary N) is 2. The van der Waals surface area contributed by atoms with Crippen LogP contribution in [-0.2, 0) is 10.0 Å². The SMILES string of the molecule is COc1c(F)c(F)c(C(=O)NC(=S)Nc2ccccc2N2CCN(S(C)(=O)=O)CC2)c(F)c1F. The van der Waals surface area contributed by atoms with Crippen LogP contribution in [0.1, 0.15) is 10.4 Å². The van der Waals surface area contributed by atoms with E-state index < -0.39 is 50.5 Å². The van der Waals surface area contributed by atoms with Gasteiger partial charge < -0.3 is 15.0 Å². The lowest BCUT2D eigenvalue weighted by Crippen LogP contribution is -2.48. The van der Waals surface area contributed by atoms with Crippen LogP contribution in [0.15, 0.2) is 24.3 Å². The van der Waals surface area contributed by atoms with Crippen molar-refractivity contribution in [2.24, 2.45) is 0 Å². The van der Waals surface area contributed by atoms with Gasteiger partial charge in [-0.1, -0.05) is 12.1 Å². The number of ether oxygens (including phenoxy) is 1. The molecule has 0 saturated carbocycles. The van der Waals surface area contributed by atoms with Gasteiger partial charge in [0.15, 0.2) is 22.5 Å². The van der Waals surface area contributed by atoms with Crippen LogP contribution in [0.4, 0.5) is 28.9 Å². The third-order valence-electron chi connectivity index (χ3n) is 5.08. The highest BCUT2D eigenvalue weighted by Gasteiger charge is 2.31. The van der Waals surface area contributed by atoms with Gasteiger partial charge in [-0.2, -0.15) is 13.1 Å². The van der Waals surface area contributed by atoms with Gasteiger partial charge in [-0.3, -0.25) is 10.1 Å². The maximum Gasteiger partial charge on any atom is 0.263 e. The summed E-state index contributed by atoms with van der Waals surface area (Å²) < 4.78 is 85.3. The van der Waals surface area contributed by atoms with Crippen LogP contribution in [0.5, 0.6) is 5.75 Å². The van der Waals surface area contributed by atoms with E-state index in [0.717, 1.165) is 13.4 Å². The van der Waals surface area contributed by atoms with Gasteiger partial charge in [-0.05, 0) is 24.4 Å². The van der Waals surface area contributed by atoms with Crippen molar-refractivity contribution in [1.82, 2.24) is 9.62 Å². The number of hydrogen-bond acceptors (Lipinski definition) is 6. The molecule has 14 heteroatoms. The number of methoxy groups -OCH3 is 1. The number of hydrogen-bond donors (Lipinski definition) is 2. The molecule has 1 aliphatic heterocycles. The zero-order valence-electron chi connectivity index (χ0n) is 18.0. The fourth-order valence-electron chi connectivity index (χ4n) is 3.43. The zero-order valence-corrected chi connectivity index (χ0v) is 19.6. The summed E-state index contributed by atoms with van der Waals surface area (Å²) in [6.07, 6.45) is 1.13. The quantitative estimate of drug-likeness (QED) is 0.356. The van der Waals surface area contributed by atoms with E-state index in [4.69, 9.17) is 12.2 Å². The predicted octanol–water partition coefficient (Wildman–Crippen LogP) is 2.46. The molecule has 3 rings (SSSR count). The number of carbonyl (C=O) groups is 1. The molecule has 2 N–H and O–H groups in total. The second-order valence-electron chi connectivity index (χ2n) is 7.24. The average Bonchev–Trinajstić information content (AvgIpc) is 2.78. The minimum Gasteiger partial charge on any atom is -0.491 e. The molecule has 2 aromatic carbocycles. The fourth-order valence-corrected chi connectivity index (χ4v) is 4.45. The van der Waals surface area contributed by atoms with E-state index in [1.807, 2.05) is 10.2 Å². The summed E-state index contributed by atoms with van der Waals surface area (Å²) in [6, 6.07) is 6.75. The maximum atomic E-state index is 14.2. The highest BCUT2D eigenvalue weighted by molar-refractivity contribution is 7.88. The Kier molecular flexibility index (Phi) is 7.63. The Morgan fingerprint density at radius 1 is 1.00 bits per heavy atom. The number of benzene rings is 2. The Labute approximate surface area is 198 Å². The van der Waals surface area contributed by atoms with Crippen molar-refractivity contribution in [3.63, 3.8) is 0 Å². The molecule has 0 atom stereocenters. The van der Waals surface area contributed by atoms with Gasteiger partial charge in [0.05, 0.1) is 24.7 Å². The molecule has 0 radical (unpaired) electrons. The molecule has 0 aliphatic carbocycles. The molecule has 0 bridgehead atoms. The number of para-hydroxylation sites is 2. The Morgan fingerprint density at radius 2 is 1.56 bits per heavy atom. The molecular weight excluding hydrogens is 500 g/mol. The molecular formula is C20H20F4N4O4S2. The second-order valence-corrected chi connectivity index (χ2v) is 9.63. The van der Waals surface area contributed by atoms with E-state index in [0.29, 0.717) is 24.5 Å². The molecule has 1 heterocycles. The van der Waals surface area contributed by atoms with Gasteiger partial charge in [0.2, 0.25) is 21.7 Å². The highest BCUT2D eigenvalue weighted by Crippen LogP contribution is 2.30. The number of sulfonamides is 1. The molecule has 1 saturated heterocycles. The Morgan fingerprint density at radius 3 is 2.09 bits per heavy atom. The summed E-state index contributed by atoms with van der Waals surface area (Å²) in [5, 5.41) is 4.32. The molecule has 184 valence electrons. The number of piperazine rings is 1. The predicted molar refractivity (Wildman–Crippen MR) is 122 cm³/mol. The van der Waals surface area contributed by atoms with Crippen LogP contribution < -0.4 is 20.3 Å². The Balaban J connectivity index is 1.76. The van der Waals surface area contributed by atoms with Crippen LogP contribution in [0.3, 0.4) is 0 Å². The van der Waals surface area contributed by atoms with E-state index in [2.05, 4.69) is 10.1 Å². The molecule has 8 nitrogen and oxygen atoms in total. The average molecular weight is 521 g/mol. The van der Waals surface area contributed by atoms with Crippen LogP contribution >= 0.6 is 12.2 Å². The van der Waals surface area contributed by atoms with Crippen LogP contribution in [0.2, 0.25) is 0 Å². The summed E-state index contributed by atoms with van der Waals surface area (Å²) in [4.78, 5) is 14.2. The van der Waals surface area contributed by atoms with E-state index in [-0.39, 0.29) is 18.2 Å². The third-order valence-corrected chi connectivity index (χ3v) is 6.59. The first-order chi connectivity index (χ1) is 16.0. The number of rotatable bonds is 5. The van der Waals surface area contributed by atoms with Gasteiger partial charge in [-0.15, -0.1) is 0 Å². The number of thiocarbonyl (C=S) groups is 1. The molecule has 34 heavy (non-hydrogen) atoms. The van der Waals surface area contributed by atoms with Gasteiger partial charge >= 0.3 is 0 Å². The van der Waals surface area contributed by atoms with Crippen LogP contribution in [0.25, 0.3) is 0 Å². The monoisotopic (exact) mass is 520 g/mol. The topological polar surface area (TPSA) is 91.0 Å². The lowest BCUT2D eigenvalue weighted by atomic mass is 10.1. The maximum absolute atomic E-state index is 14.2. The van der Waals surface area contributed by atoms with E-state index in [1.54, 1.807) is 24.3 Å². The third kappa shape index (κ3) is 5.23. The lowest BCUT2D eigenvalue weighted by molar-refractivity contribution is 0.0966. The molecule has 0 spiro atoms. The van der Waals surface area contributed by atoms with Gasteiger partial charge in [0.1, 0.15) is 5.56 Å². The lowest BCUT2D eigenvalue weighted by Gasteiger charge is -2.35. The zero-order chi connectivity index (χ0) is 25.2. The number of anilines is 2. The van der Waals surface area contributed by atoms with Crippen molar-refractivity contribution >= 4 is 44.6 Å². The number of nitrogens with zero attached hydrogens (tertiary/aromatic N) is 2. The summed E-state index contributed by atoms with van der Waals surface area (Å²) in [5.41, 5.74) is -0.454. The van der Waals surface area contributed by atoms with Crippen molar-refractivity contribution in [3.05, 3.63) is 53.1 Å². The highest BCUT2D eigenvalue weighted by atomic mass is 32.2. The smallest absolute Gasteiger partial charge is 0.263 e. The first-order valence-electron chi connectivity index (χ1n) is 9.77. The van der Waals surface area contributed by atoms with Gasteiger partial charge in [0.25, 0.3) is 5.91 Å². The van der Waals surface area contributed by atoms with E-state index >= 15 is 0 Å². The Hall–Kier alpha value is -2.97. The number of amides is 1. The van der Waals surface area contributed by atoms with Crippen molar-refractivity contribution in [2.75, 3.05) is 49.8 Å². The second kappa shape index (κ2) is 10.1. The molecule has 1 aliphatic rings. The Bertz CT molecular complexity index is 1210. The minimum absolute atomic E-state index is 0.265. The molecule has 0 unspecified atom stereocenters. The summed E-state index contributed by atoms with van der Waals surface area (Å²) in [5.74, 6) is -10.4. The molecule has 1 fully saturated rings. The first kappa shape index (κ1) is 25.6. The minimum atomic E-state index is -3.32. The molecule has 2 aromatic rings. The van der Waals surface area contributed by atoms with Crippen molar-refractivity contribution in [2.45, 2.75) is 0 Å². The van der Waals surface area contributed by atoms with E-state index in [9.17, 15) is 30.8 Å². The van der Waals surface area contributed by atoms with Crippen molar-refractivity contribution in [1.29, 1.82) is 0 Å². The molecule has 0 aromatic heterocycles. The van der Waals surface area contributed by atoms with Gasteiger partial charge in [-0.25, -0.2) is 17.2 Å². The normalized spacial score (nSPS) is 14.6. The fraction of sp³-hybridized carbons (Fsp3) is 0.300. The van der Waals surface area contributed by atoms with E-state index in [1.165, 1.54) is 4.31 Å². The number of halogens is 4. The van der Waals surface area contributed by atoms with Gasteiger partial charge in [0, 0.05) is 26.2 Å². The first-order valence-corrected chi connectivity index (χ1v) is 12.0. The molecule has 1 amide bonds. The van der Waals surface area contributed by atoms with Crippen molar-refractivity contribution in [3.8, 4) is 5.75 Å². The van der Waals surface area contributed by atoms with Crippen LogP contribution in [-0.4, -0.2) is 63.3 Å². The summed E-state index contributed by atoms with van der Waals surface area (Å²) >= 11 is 5.04. The van der Waals surface area contributed by atoms with Crippen LogP contribution in [0, 0.1) is 23.3 Å². The van der Waals surface area contributed by atoms with Crippen molar-refractivity contribution < 1.29 is 35.5 Å². The summed E-state index contributed by atoms with van der Waals surface area (Å²) in [6.45, 7) is 1.29. The standard InChI is InChI=1S/C20H20F4N4O4S2/c1-32-18-16(23)14(21)13(15(22)17(18)24)19(29)26-20(33)25-11-5-3-4-6-12(11)27-7-9-28(10-8-27)34(2,30)31/h3-6H,7-10H2,1-2H3,(H2,25,26,29,33). The summed E-state index contributed by atoms with van der Waals surface area (Å²) in [7, 11) is -2.50. The number of carbonyl (C=O) groups excluding carboxylic acids is 1.